The highest BCUT2D eigenvalue weighted by molar-refractivity contribution is 9.10. The van der Waals surface area contributed by atoms with Gasteiger partial charge in [-0.25, -0.2) is 13.8 Å². The Bertz CT molecular complexity index is 1550. The molecule has 190 valence electrons. The number of hydrogen-bond acceptors (Lipinski definition) is 4. The van der Waals surface area contributed by atoms with Gasteiger partial charge in [-0.05, 0) is 74.5 Å². The molecule has 0 atom stereocenters. The Morgan fingerprint density at radius 1 is 1.03 bits per heavy atom. The molecule has 1 N–H and O–H groups in total. The highest BCUT2D eigenvalue weighted by Crippen LogP contribution is 2.26. The summed E-state index contributed by atoms with van der Waals surface area (Å²) in [7, 11) is -4.03. The molecular formula is C27H24BrClN4O3S. The van der Waals surface area contributed by atoms with Crippen LogP contribution in [0.1, 0.15) is 17.0 Å². The van der Waals surface area contributed by atoms with E-state index in [0.29, 0.717) is 5.02 Å². The lowest BCUT2D eigenvalue weighted by Gasteiger charge is -2.23. The molecule has 0 saturated heterocycles. The molecule has 0 spiro atoms. The molecule has 10 heteroatoms. The maximum atomic E-state index is 13.4. The fourth-order valence-corrected chi connectivity index (χ4v) is 5.79. The van der Waals surface area contributed by atoms with Crippen molar-refractivity contribution >= 4 is 55.4 Å². The number of nitrogens with one attached hydrogen (secondary N) is 1. The number of hydrogen-bond donors (Lipinski definition) is 1. The summed E-state index contributed by atoms with van der Waals surface area (Å²) in [5.74, 6) is -0.600. The van der Waals surface area contributed by atoms with E-state index < -0.39 is 22.5 Å². The van der Waals surface area contributed by atoms with E-state index in [0.717, 1.165) is 31.4 Å². The first kappa shape index (κ1) is 26.7. The van der Waals surface area contributed by atoms with Crippen molar-refractivity contribution in [2.45, 2.75) is 18.7 Å². The summed E-state index contributed by atoms with van der Waals surface area (Å²) >= 11 is 9.55. The largest absolute Gasteiger partial charge is 0.318 e. The summed E-state index contributed by atoms with van der Waals surface area (Å²) in [6, 6.07) is 24.2. The molecule has 1 heterocycles. The zero-order valence-electron chi connectivity index (χ0n) is 20.1. The van der Waals surface area contributed by atoms with Crippen LogP contribution in [-0.2, 0) is 14.8 Å². The highest BCUT2D eigenvalue weighted by atomic mass is 79.9. The molecule has 0 bridgehead atoms. The number of nitrogens with zero attached hydrogens (tertiary/aromatic N) is 3. The number of carbonyl (C=O) groups excluding carboxylic acids is 1. The minimum absolute atomic E-state index is 0.0617. The van der Waals surface area contributed by atoms with Gasteiger partial charge in [-0.15, -0.1) is 0 Å². The fourth-order valence-electron chi connectivity index (χ4n) is 3.91. The quantitative estimate of drug-likeness (QED) is 0.204. The number of carbonyl (C=O) groups is 1. The van der Waals surface area contributed by atoms with Crippen molar-refractivity contribution in [2.75, 3.05) is 10.8 Å². The number of halogens is 2. The molecule has 0 aliphatic carbocycles. The second kappa shape index (κ2) is 11.3. The zero-order valence-corrected chi connectivity index (χ0v) is 23.3. The second-order valence-electron chi connectivity index (χ2n) is 8.24. The SMILES string of the molecule is Cc1cc(/C=N\NC(=O)CN(c2cccc(Cl)c2)S(=O)(=O)c2ccccc2)c(C)n1-c1ccc(Br)cc1. The number of hydrazone groups is 1. The maximum Gasteiger partial charge on any atom is 0.264 e. The van der Waals surface area contributed by atoms with E-state index in [2.05, 4.69) is 31.0 Å². The van der Waals surface area contributed by atoms with E-state index in [1.807, 2.05) is 44.2 Å². The lowest BCUT2D eigenvalue weighted by molar-refractivity contribution is -0.119. The molecule has 3 aromatic carbocycles. The van der Waals surface area contributed by atoms with E-state index in [1.54, 1.807) is 42.6 Å². The molecule has 4 aromatic rings. The third kappa shape index (κ3) is 6.12. The van der Waals surface area contributed by atoms with Crippen molar-refractivity contribution in [1.82, 2.24) is 9.99 Å². The van der Waals surface area contributed by atoms with Crippen LogP contribution in [0.3, 0.4) is 0 Å². The normalized spacial score (nSPS) is 11.6. The van der Waals surface area contributed by atoms with Gasteiger partial charge in [-0.2, -0.15) is 5.10 Å². The maximum absolute atomic E-state index is 13.4. The summed E-state index contributed by atoms with van der Waals surface area (Å²) in [4.78, 5) is 12.9. The van der Waals surface area contributed by atoms with Crippen molar-refractivity contribution in [3.05, 3.63) is 111 Å². The predicted molar refractivity (Wildman–Crippen MR) is 151 cm³/mol. The van der Waals surface area contributed by atoms with Crippen LogP contribution in [0.5, 0.6) is 0 Å². The molecular weight excluding hydrogens is 576 g/mol. The van der Waals surface area contributed by atoms with Crippen LogP contribution in [0.2, 0.25) is 5.02 Å². The molecule has 0 aliphatic rings. The number of sulfonamides is 1. The lowest BCUT2D eigenvalue weighted by Crippen LogP contribution is -2.39. The zero-order chi connectivity index (χ0) is 26.6. The lowest BCUT2D eigenvalue weighted by atomic mass is 10.2. The van der Waals surface area contributed by atoms with Crippen molar-refractivity contribution in [3.8, 4) is 5.69 Å². The van der Waals surface area contributed by atoms with Crippen molar-refractivity contribution in [1.29, 1.82) is 0 Å². The average Bonchev–Trinajstić information content (AvgIpc) is 3.16. The van der Waals surface area contributed by atoms with Crippen LogP contribution in [0.25, 0.3) is 5.69 Å². The Kier molecular flexibility index (Phi) is 8.16. The Hall–Kier alpha value is -3.40. The predicted octanol–water partition coefficient (Wildman–Crippen LogP) is 5.86. The molecule has 0 fully saturated rings. The van der Waals surface area contributed by atoms with Crippen LogP contribution in [0, 0.1) is 13.8 Å². The summed E-state index contributed by atoms with van der Waals surface area (Å²) in [5, 5.41) is 4.44. The van der Waals surface area contributed by atoms with Crippen LogP contribution in [-0.4, -0.2) is 31.7 Å². The first-order valence-electron chi connectivity index (χ1n) is 11.3. The summed E-state index contributed by atoms with van der Waals surface area (Å²) in [6.07, 6.45) is 1.55. The smallest absolute Gasteiger partial charge is 0.264 e. The standard InChI is InChI=1S/C27H24BrClN4O3S/c1-19-15-21(20(2)33(19)24-13-11-22(28)12-14-24)17-30-31-27(34)18-32(25-8-6-7-23(29)16-25)37(35,36)26-9-4-3-5-10-26/h3-17H,18H2,1-2H3,(H,31,34)/b30-17-. The first-order valence-corrected chi connectivity index (χ1v) is 13.9. The van der Waals surface area contributed by atoms with Gasteiger partial charge in [0.2, 0.25) is 0 Å². The average molecular weight is 600 g/mol. The Morgan fingerprint density at radius 3 is 2.41 bits per heavy atom. The fraction of sp³-hybridized carbons (Fsp3) is 0.111. The molecule has 4 rings (SSSR count). The van der Waals surface area contributed by atoms with E-state index in [4.69, 9.17) is 11.6 Å². The van der Waals surface area contributed by atoms with Crippen LogP contribution in [0.15, 0.2) is 99.4 Å². The minimum atomic E-state index is -4.03. The van der Waals surface area contributed by atoms with Crippen LogP contribution >= 0.6 is 27.5 Å². The number of rotatable bonds is 8. The third-order valence-corrected chi connectivity index (χ3v) is 8.21. The van der Waals surface area contributed by atoms with Gasteiger partial charge >= 0.3 is 0 Å². The number of aryl methyl sites for hydroxylation is 1. The van der Waals surface area contributed by atoms with Gasteiger partial charge in [0.25, 0.3) is 15.9 Å². The Balaban J connectivity index is 1.54. The Labute approximate surface area is 229 Å². The molecule has 0 unspecified atom stereocenters. The topological polar surface area (TPSA) is 83.8 Å². The summed E-state index contributed by atoms with van der Waals surface area (Å²) < 4.78 is 30.8. The van der Waals surface area contributed by atoms with E-state index in [1.165, 1.54) is 18.2 Å². The first-order chi connectivity index (χ1) is 17.7. The van der Waals surface area contributed by atoms with Gasteiger partial charge in [0.15, 0.2) is 0 Å². The summed E-state index contributed by atoms with van der Waals surface area (Å²) in [5.41, 5.74) is 6.51. The van der Waals surface area contributed by atoms with Gasteiger partial charge < -0.3 is 4.57 Å². The molecule has 37 heavy (non-hydrogen) atoms. The second-order valence-corrected chi connectivity index (χ2v) is 11.5. The number of benzene rings is 3. The molecule has 1 amide bonds. The van der Waals surface area contributed by atoms with Crippen molar-refractivity contribution in [3.63, 3.8) is 0 Å². The van der Waals surface area contributed by atoms with Gasteiger partial charge in [-0.3, -0.25) is 9.10 Å². The van der Waals surface area contributed by atoms with E-state index in [9.17, 15) is 13.2 Å². The van der Waals surface area contributed by atoms with Crippen molar-refractivity contribution < 1.29 is 13.2 Å². The van der Waals surface area contributed by atoms with Gasteiger partial charge in [0.1, 0.15) is 6.54 Å². The monoisotopic (exact) mass is 598 g/mol. The minimum Gasteiger partial charge on any atom is -0.318 e. The van der Waals surface area contributed by atoms with Gasteiger partial charge in [0.05, 0.1) is 16.8 Å². The van der Waals surface area contributed by atoms with Crippen LogP contribution < -0.4 is 9.73 Å². The van der Waals surface area contributed by atoms with Crippen LogP contribution in [0.4, 0.5) is 5.69 Å². The Morgan fingerprint density at radius 2 is 1.73 bits per heavy atom. The molecule has 7 nitrogen and oxygen atoms in total. The number of aromatic nitrogens is 1. The van der Waals surface area contributed by atoms with Crippen molar-refractivity contribution in [2.24, 2.45) is 5.10 Å². The van der Waals surface area contributed by atoms with Gasteiger partial charge in [-0.1, -0.05) is 51.8 Å². The highest BCUT2D eigenvalue weighted by Gasteiger charge is 2.27. The molecule has 1 aromatic heterocycles. The number of anilines is 1. The van der Waals surface area contributed by atoms with Gasteiger partial charge in [0, 0.05) is 32.1 Å². The molecule has 0 aliphatic heterocycles. The summed E-state index contributed by atoms with van der Waals surface area (Å²) in [6.45, 7) is 3.47. The number of amides is 1. The van der Waals surface area contributed by atoms with E-state index in [-0.39, 0.29) is 10.6 Å². The molecule has 0 radical (unpaired) electrons. The molecule has 0 saturated carbocycles. The third-order valence-electron chi connectivity index (χ3n) is 5.66. The van der Waals surface area contributed by atoms with E-state index >= 15 is 0 Å².